The number of nitrogens with one attached hydrogen (secondary N) is 1. The monoisotopic (exact) mass is 255 g/mol. The molecule has 0 unspecified atom stereocenters. The molecule has 0 aromatic carbocycles. The highest BCUT2D eigenvalue weighted by atomic mass is 16.6. The SMILES string of the molecule is CC(C)(C)OC(=O)N[C@H]1[C@H]2CCC[C@H]2CC[C@@H]1O. The second-order valence-electron chi connectivity index (χ2n) is 6.67. The molecular weight excluding hydrogens is 230 g/mol. The van der Waals surface area contributed by atoms with Crippen molar-refractivity contribution in [2.75, 3.05) is 0 Å². The summed E-state index contributed by atoms with van der Waals surface area (Å²) < 4.78 is 5.28. The number of carbonyl (C=O) groups is 1. The highest BCUT2D eigenvalue weighted by Gasteiger charge is 2.42. The van der Waals surface area contributed by atoms with Crippen LogP contribution in [0.4, 0.5) is 4.79 Å². The van der Waals surface area contributed by atoms with Gasteiger partial charge in [0.1, 0.15) is 5.60 Å². The van der Waals surface area contributed by atoms with E-state index >= 15 is 0 Å². The second kappa shape index (κ2) is 5.08. The first-order valence-electron chi connectivity index (χ1n) is 7.04. The van der Waals surface area contributed by atoms with Crippen molar-refractivity contribution in [1.29, 1.82) is 0 Å². The van der Waals surface area contributed by atoms with Gasteiger partial charge in [-0.1, -0.05) is 12.8 Å². The third-order valence-electron chi connectivity index (χ3n) is 4.11. The number of fused-ring (bicyclic) bond motifs is 1. The van der Waals surface area contributed by atoms with Gasteiger partial charge in [0.05, 0.1) is 12.1 Å². The van der Waals surface area contributed by atoms with Crippen LogP contribution in [-0.4, -0.2) is 28.9 Å². The van der Waals surface area contributed by atoms with Crippen molar-refractivity contribution in [2.24, 2.45) is 11.8 Å². The minimum atomic E-state index is -0.487. The van der Waals surface area contributed by atoms with Crippen LogP contribution in [0.1, 0.15) is 52.9 Å². The number of hydrogen-bond acceptors (Lipinski definition) is 3. The van der Waals surface area contributed by atoms with Gasteiger partial charge in [0.2, 0.25) is 0 Å². The van der Waals surface area contributed by atoms with Gasteiger partial charge in [0.25, 0.3) is 0 Å². The lowest BCUT2D eigenvalue weighted by Crippen LogP contribution is -2.52. The number of alkyl carbamates (subject to hydrolysis) is 1. The first-order valence-corrected chi connectivity index (χ1v) is 7.04. The maximum atomic E-state index is 11.8. The van der Waals surface area contributed by atoms with Crippen LogP contribution < -0.4 is 5.32 Å². The van der Waals surface area contributed by atoms with Crippen molar-refractivity contribution in [3.05, 3.63) is 0 Å². The zero-order chi connectivity index (χ0) is 13.3. The van der Waals surface area contributed by atoms with E-state index in [2.05, 4.69) is 5.32 Å². The molecular formula is C14H25NO3. The smallest absolute Gasteiger partial charge is 0.407 e. The molecule has 0 saturated heterocycles. The van der Waals surface area contributed by atoms with E-state index in [0.29, 0.717) is 11.8 Å². The molecule has 2 fully saturated rings. The van der Waals surface area contributed by atoms with Crippen molar-refractivity contribution in [2.45, 2.75) is 70.6 Å². The van der Waals surface area contributed by atoms with Crippen LogP contribution in [0.5, 0.6) is 0 Å². The summed E-state index contributed by atoms with van der Waals surface area (Å²) in [5.74, 6) is 1.11. The van der Waals surface area contributed by atoms with Crippen LogP contribution in [0.2, 0.25) is 0 Å². The molecule has 18 heavy (non-hydrogen) atoms. The van der Waals surface area contributed by atoms with Gasteiger partial charge in [-0.25, -0.2) is 4.79 Å². The molecule has 1 amide bonds. The lowest BCUT2D eigenvalue weighted by atomic mass is 9.76. The molecule has 2 N–H and O–H groups in total. The summed E-state index contributed by atoms with van der Waals surface area (Å²) in [6.07, 6.45) is 4.64. The maximum Gasteiger partial charge on any atom is 0.407 e. The minimum Gasteiger partial charge on any atom is -0.444 e. The fourth-order valence-corrected chi connectivity index (χ4v) is 3.39. The number of carbonyl (C=O) groups excluding carboxylic acids is 1. The molecule has 0 bridgehead atoms. The Balaban J connectivity index is 1.95. The number of rotatable bonds is 1. The molecule has 104 valence electrons. The van der Waals surface area contributed by atoms with Crippen LogP contribution >= 0.6 is 0 Å². The van der Waals surface area contributed by atoms with Crippen molar-refractivity contribution in [1.82, 2.24) is 5.32 Å². The van der Waals surface area contributed by atoms with Crippen LogP contribution in [-0.2, 0) is 4.74 Å². The average molecular weight is 255 g/mol. The Morgan fingerprint density at radius 2 is 1.94 bits per heavy atom. The summed E-state index contributed by atoms with van der Waals surface area (Å²) in [6.45, 7) is 5.55. The van der Waals surface area contributed by atoms with Gasteiger partial charge in [0, 0.05) is 0 Å². The summed E-state index contributed by atoms with van der Waals surface area (Å²) in [5.41, 5.74) is -0.487. The summed E-state index contributed by atoms with van der Waals surface area (Å²) in [5, 5.41) is 13.0. The van der Waals surface area contributed by atoms with Crippen molar-refractivity contribution < 1.29 is 14.6 Å². The van der Waals surface area contributed by atoms with Crippen LogP contribution in [0.3, 0.4) is 0 Å². The van der Waals surface area contributed by atoms with E-state index in [9.17, 15) is 9.90 Å². The summed E-state index contributed by atoms with van der Waals surface area (Å²) in [4.78, 5) is 11.8. The van der Waals surface area contributed by atoms with Crippen molar-refractivity contribution in [3.8, 4) is 0 Å². The summed E-state index contributed by atoms with van der Waals surface area (Å²) in [6, 6.07) is -0.124. The first kappa shape index (κ1) is 13.7. The molecule has 0 aliphatic heterocycles. The van der Waals surface area contributed by atoms with Crippen LogP contribution in [0.15, 0.2) is 0 Å². The largest absolute Gasteiger partial charge is 0.444 e. The lowest BCUT2D eigenvalue weighted by molar-refractivity contribution is 0.0155. The van der Waals surface area contributed by atoms with Gasteiger partial charge in [-0.05, 0) is 51.9 Å². The Kier molecular flexibility index (Phi) is 3.85. The highest BCUT2D eigenvalue weighted by Crippen LogP contribution is 2.42. The molecule has 0 spiro atoms. The topological polar surface area (TPSA) is 58.6 Å². The van der Waals surface area contributed by atoms with Gasteiger partial charge in [-0.15, -0.1) is 0 Å². The number of aliphatic hydroxyl groups is 1. The van der Waals surface area contributed by atoms with E-state index in [0.717, 1.165) is 19.3 Å². The molecule has 4 atom stereocenters. The number of ether oxygens (including phenoxy) is 1. The van der Waals surface area contributed by atoms with E-state index in [4.69, 9.17) is 4.74 Å². The highest BCUT2D eigenvalue weighted by molar-refractivity contribution is 5.68. The van der Waals surface area contributed by atoms with Crippen LogP contribution in [0.25, 0.3) is 0 Å². The number of hydrogen-bond donors (Lipinski definition) is 2. The quantitative estimate of drug-likeness (QED) is 0.756. The Hall–Kier alpha value is -0.770. The predicted molar refractivity (Wildman–Crippen MR) is 69.2 cm³/mol. The Labute approximate surface area is 109 Å². The molecule has 2 saturated carbocycles. The number of amides is 1. The summed E-state index contributed by atoms with van der Waals surface area (Å²) >= 11 is 0. The standard InChI is InChI=1S/C14H25NO3/c1-14(2,3)18-13(17)15-12-10-6-4-5-9(10)7-8-11(12)16/h9-12,16H,4-8H2,1-3H3,(H,15,17)/t9-,10-,11-,12-/m0/s1. The first-order chi connectivity index (χ1) is 8.37. The maximum absolute atomic E-state index is 11.8. The lowest BCUT2D eigenvalue weighted by Gasteiger charge is -2.38. The van der Waals surface area contributed by atoms with E-state index in [-0.39, 0.29) is 6.04 Å². The van der Waals surface area contributed by atoms with Crippen LogP contribution in [0, 0.1) is 11.8 Å². The fourth-order valence-electron chi connectivity index (χ4n) is 3.39. The average Bonchev–Trinajstić information content (AvgIpc) is 2.67. The Morgan fingerprint density at radius 3 is 2.61 bits per heavy atom. The second-order valence-corrected chi connectivity index (χ2v) is 6.67. The number of aliphatic hydroxyl groups excluding tert-OH is 1. The summed E-state index contributed by atoms with van der Waals surface area (Å²) in [7, 11) is 0. The normalized spacial score (nSPS) is 36.0. The van der Waals surface area contributed by atoms with Gasteiger partial charge in [-0.3, -0.25) is 0 Å². The van der Waals surface area contributed by atoms with Crippen molar-refractivity contribution >= 4 is 6.09 Å². The molecule has 4 nitrogen and oxygen atoms in total. The Morgan fingerprint density at radius 1 is 1.22 bits per heavy atom. The van der Waals surface area contributed by atoms with Gasteiger partial charge in [0.15, 0.2) is 0 Å². The molecule has 0 aromatic heterocycles. The third-order valence-corrected chi connectivity index (χ3v) is 4.11. The minimum absolute atomic E-state index is 0.124. The van der Waals surface area contributed by atoms with Gasteiger partial charge in [-0.2, -0.15) is 0 Å². The predicted octanol–water partition coefficient (Wildman–Crippen LogP) is 2.45. The third kappa shape index (κ3) is 3.16. The van der Waals surface area contributed by atoms with E-state index in [1.165, 1.54) is 12.8 Å². The van der Waals surface area contributed by atoms with E-state index < -0.39 is 17.8 Å². The zero-order valence-electron chi connectivity index (χ0n) is 11.6. The molecule has 0 radical (unpaired) electrons. The molecule has 2 aliphatic rings. The molecule has 0 aromatic rings. The fraction of sp³-hybridized carbons (Fsp3) is 0.929. The van der Waals surface area contributed by atoms with Gasteiger partial charge < -0.3 is 15.2 Å². The van der Waals surface area contributed by atoms with E-state index in [1.54, 1.807) is 0 Å². The molecule has 2 aliphatic carbocycles. The zero-order valence-corrected chi connectivity index (χ0v) is 11.6. The Bertz CT molecular complexity index is 311. The van der Waals surface area contributed by atoms with Gasteiger partial charge >= 0.3 is 6.09 Å². The molecule has 0 heterocycles. The molecule has 2 rings (SSSR count). The van der Waals surface area contributed by atoms with E-state index in [1.807, 2.05) is 20.8 Å². The molecule has 4 heteroatoms. The van der Waals surface area contributed by atoms with Crippen molar-refractivity contribution in [3.63, 3.8) is 0 Å².